The predicted molar refractivity (Wildman–Crippen MR) is 117 cm³/mol. The lowest BCUT2D eigenvalue weighted by molar-refractivity contribution is 0.576. The Morgan fingerprint density at radius 2 is 1.52 bits per heavy atom. The SMILES string of the molecule is CCCCCCCc1ccc2c(c1)Cc1c-2cc(F)c(-c2cc(F)c(Cl)c(F)c2)c1F. The summed E-state index contributed by atoms with van der Waals surface area (Å²) in [6, 6.07) is 8.97. The molecule has 0 atom stereocenters. The molecule has 1 aliphatic carbocycles. The maximum atomic E-state index is 15.4. The van der Waals surface area contributed by atoms with Crippen LogP contribution in [0.4, 0.5) is 17.6 Å². The van der Waals surface area contributed by atoms with Crippen molar-refractivity contribution in [3.8, 4) is 22.3 Å². The molecule has 0 aliphatic heterocycles. The highest BCUT2D eigenvalue weighted by molar-refractivity contribution is 6.31. The standard InChI is InChI=1S/C26H23ClF4/c1-2-3-4-5-6-7-15-8-9-18-16(10-15)11-20-19(18)14-21(28)24(26(20)31)17-12-22(29)25(27)23(30)13-17/h8-10,12-14H,2-7,11H2,1H3. The number of hydrogen-bond acceptors (Lipinski definition) is 0. The Hall–Kier alpha value is -2.33. The molecule has 0 fully saturated rings. The molecule has 0 heterocycles. The van der Waals surface area contributed by atoms with Crippen molar-refractivity contribution in [3.05, 3.63) is 81.4 Å². The summed E-state index contributed by atoms with van der Waals surface area (Å²) >= 11 is 5.51. The maximum Gasteiger partial charge on any atom is 0.145 e. The van der Waals surface area contributed by atoms with Gasteiger partial charge >= 0.3 is 0 Å². The van der Waals surface area contributed by atoms with Gasteiger partial charge in [-0.1, -0.05) is 62.4 Å². The van der Waals surface area contributed by atoms with Crippen molar-refractivity contribution in [1.29, 1.82) is 0 Å². The van der Waals surface area contributed by atoms with Gasteiger partial charge in [-0.3, -0.25) is 0 Å². The molecular formula is C26H23ClF4. The predicted octanol–water partition coefficient (Wildman–Crippen LogP) is 8.65. The van der Waals surface area contributed by atoms with E-state index in [9.17, 15) is 13.2 Å². The highest BCUT2D eigenvalue weighted by Crippen LogP contribution is 2.43. The Labute approximate surface area is 184 Å². The van der Waals surface area contributed by atoms with Crippen molar-refractivity contribution >= 4 is 11.6 Å². The van der Waals surface area contributed by atoms with Crippen LogP contribution in [0.5, 0.6) is 0 Å². The van der Waals surface area contributed by atoms with Gasteiger partial charge in [-0.05, 0) is 58.9 Å². The van der Waals surface area contributed by atoms with Gasteiger partial charge in [0, 0.05) is 12.0 Å². The average Bonchev–Trinajstić information content (AvgIpc) is 3.10. The van der Waals surface area contributed by atoms with Gasteiger partial charge in [-0.25, -0.2) is 17.6 Å². The molecule has 4 rings (SSSR count). The second-order valence-corrected chi connectivity index (χ2v) is 8.54. The first-order valence-electron chi connectivity index (χ1n) is 10.7. The fraction of sp³-hybridized carbons (Fsp3) is 0.308. The first-order valence-corrected chi connectivity index (χ1v) is 11.1. The highest BCUT2D eigenvalue weighted by atomic mass is 35.5. The van der Waals surface area contributed by atoms with Crippen LogP contribution < -0.4 is 0 Å². The zero-order chi connectivity index (χ0) is 22.1. The zero-order valence-corrected chi connectivity index (χ0v) is 18.1. The van der Waals surface area contributed by atoms with Crippen molar-refractivity contribution in [2.24, 2.45) is 0 Å². The van der Waals surface area contributed by atoms with Crippen molar-refractivity contribution in [2.75, 3.05) is 0 Å². The molecule has 0 nitrogen and oxygen atoms in total. The Morgan fingerprint density at radius 1 is 0.806 bits per heavy atom. The number of aryl methyl sites for hydroxylation is 1. The van der Waals surface area contributed by atoms with Crippen LogP contribution in [0.3, 0.4) is 0 Å². The minimum absolute atomic E-state index is 0.207. The molecule has 3 aromatic carbocycles. The van der Waals surface area contributed by atoms with Crippen LogP contribution in [0.25, 0.3) is 22.3 Å². The smallest absolute Gasteiger partial charge is 0.145 e. The molecule has 162 valence electrons. The van der Waals surface area contributed by atoms with Gasteiger partial charge in [-0.2, -0.15) is 0 Å². The van der Waals surface area contributed by atoms with E-state index in [-0.39, 0.29) is 5.56 Å². The zero-order valence-electron chi connectivity index (χ0n) is 17.3. The third-order valence-corrected chi connectivity index (χ3v) is 6.35. The summed E-state index contributed by atoms with van der Waals surface area (Å²) < 4.78 is 58.0. The molecule has 3 aromatic rings. The average molecular weight is 447 g/mol. The minimum Gasteiger partial charge on any atom is -0.206 e. The lowest BCUT2D eigenvalue weighted by atomic mass is 9.97. The largest absolute Gasteiger partial charge is 0.206 e. The number of fused-ring (bicyclic) bond motifs is 3. The van der Waals surface area contributed by atoms with E-state index in [1.165, 1.54) is 37.3 Å². The number of benzene rings is 3. The lowest BCUT2D eigenvalue weighted by Gasteiger charge is -2.11. The Morgan fingerprint density at radius 3 is 2.23 bits per heavy atom. The molecule has 0 saturated carbocycles. The van der Waals surface area contributed by atoms with E-state index in [0.29, 0.717) is 17.5 Å². The fourth-order valence-electron chi connectivity index (χ4n) is 4.37. The van der Waals surface area contributed by atoms with Gasteiger partial charge in [0.25, 0.3) is 0 Å². The van der Waals surface area contributed by atoms with Crippen molar-refractivity contribution in [3.63, 3.8) is 0 Å². The topological polar surface area (TPSA) is 0 Å². The van der Waals surface area contributed by atoms with Gasteiger partial charge in [0.2, 0.25) is 0 Å². The van der Waals surface area contributed by atoms with Crippen LogP contribution in [0.1, 0.15) is 55.7 Å². The Bertz CT molecular complexity index is 1110. The quantitative estimate of drug-likeness (QED) is 0.151. The normalized spacial score (nSPS) is 12.2. The van der Waals surface area contributed by atoms with Gasteiger partial charge in [0.15, 0.2) is 0 Å². The molecule has 0 saturated heterocycles. The number of halogens is 5. The van der Waals surface area contributed by atoms with Crippen LogP contribution >= 0.6 is 11.6 Å². The third-order valence-electron chi connectivity index (χ3n) is 5.99. The van der Waals surface area contributed by atoms with Crippen LogP contribution in [0, 0.1) is 23.3 Å². The molecule has 0 spiro atoms. The summed E-state index contributed by atoms with van der Waals surface area (Å²) in [6.07, 6.45) is 7.25. The first-order chi connectivity index (χ1) is 14.9. The van der Waals surface area contributed by atoms with Gasteiger partial charge in [-0.15, -0.1) is 0 Å². The van der Waals surface area contributed by atoms with Crippen LogP contribution in [-0.4, -0.2) is 0 Å². The summed E-state index contributed by atoms with van der Waals surface area (Å²) in [7, 11) is 0. The Kier molecular flexibility index (Phi) is 6.38. The van der Waals surface area contributed by atoms with E-state index in [4.69, 9.17) is 11.6 Å². The minimum atomic E-state index is -1.05. The van der Waals surface area contributed by atoms with E-state index in [0.717, 1.165) is 36.1 Å². The monoisotopic (exact) mass is 446 g/mol. The van der Waals surface area contributed by atoms with E-state index in [1.54, 1.807) is 0 Å². The molecule has 0 radical (unpaired) electrons. The fourth-order valence-corrected chi connectivity index (χ4v) is 4.48. The number of rotatable bonds is 7. The van der Waals surface area contributed by atoms with Crippen molar-refractivity contribution < 1.29 is 17.6 Å². The summed E-state index contributed by atoms with van der Waals surface area (Å²) in [4.78, 5) is 0. The molecule has 0 bridgehead atoms. The van der Waals surface area contributed by atoms with Crippen LogP contribution in [0.2, 0.25) is 5.02 Å². The number of hydrogen-bond donors (Lipinski definition) is 0. The van der Waals surface area contributed by atoms with Gasteiger partial charge in [0.1, 0.15) is 28.3 Å². The first kappa shape index (κ1) is 21.9. The molecule has 0 aromatic heterocycles. The van der Waals surface area contributed by atoms with Gasteiger partial charge in [0.05, 0.1) is 5.56 Å². The number of unbranched alkanes of at least 4 members (excludes halogenated alkanes) is 4. The molecule has 0 unspecified atom stereocenters. The summed E-state index contributed by atoms with van der Waals surface area (Å²) in [6.45, 7) is 2.19. The third kappa shape index (κ3) is 4.23. The maximum absolute atomic E-state index is 15.4. The van der Waals surface area contributed by atoms with E-state index in [2.05, 4.69) is 13.0 Å². The molecule has 1 aliphatic rings. The van der Waals surface area contributed by atoms with Crippen molar-refractivity contribution in [1.82, 2.24) is 0 Å². The lowest BCUT2D eigenvalue weighted by Crippen LogP contribution is -1.98. The van der Waals surface area contributed by atoms with Crippen molar-refractivity contribution in [2.45, 2.75) is 51.9 Å². The second-order valence-electron chi connectivity index (χ2n) is 8.16. The van der Waals surface area contributed by atoms with E-state index >= 15 is 4.39 Å². The highest BCUT2D eigenvalue weighted by Gasteiger charge is 2.27. The molecule has 31 heavy (non-hydrogen) atoms. The van der Waals surface area contributed by atoms with E-state index < -0.39 is 33.9 Å². The van der Waals surface area contributed by atoms with Crippen LogP contribution in [-0.2, 0) is 12.8 Å². The van der Waals surface area contributed by atoms with E-state index in [1.807, 2.05) is 12.1 Å². The Balaban J connectivity index is 1.64. The summed E-state index contributed by atoms with van der Waals surface area (Å²) in [5.41, 5.74) is 3.15. The molecule has 0 N–H and O–H groups in total. The summed E-state index contributed by atoms with van der Waals surface area (Å²) in [5.74, 6) is -3.75. The molecule has 5 heteroatoms. The van der Waals surface area contributed by atoms with Crippen LogP contribution in [0.15, 0.2) is 36.4 Å². The summed E-state index contributed by atoms with van der Waals surface area (Å²) in [5, 5.41) is -0.694. The molecule has 0 amide bonds. The molecular weight excluding hydrogens is 424 g/mol. The second kappa shape index (κ2) is 9.04. The van der Waals surface area contributed by atoms with Gasteiger partial charge < -0.3 is 0 Å².